The highest BCUT2D eigenvalue weighted by molar-refractivity contribution is 7.22. The number of thiazole rings is 1. The standard InChI is InChI=1S/C18H25N5OS/c1-21-16(19)23(11-18(21)10-22-7-5-12(18)6-8-22)17-20-14-4-3-13(24-2)9-15(14)25-17/h3-4,9,12,16H,5-8,10-11,19H2,1-2H3. The summed E-state index contributed by atoms with van der Waals surface area (Å²) in [6.45, 7) is 4.60. The van der Waals surface area contributed by atoms with Crippen molar-refractivity contribution in [2.45, 2.75) is 24.7 Å². The van der Waals surface area contributed by atoms with E-state index in [2.05, 4.69) is 27.8 Å². The molecule has 6 nitrogen and oxygen atoms in total. The molecule has 7 heteroatoms. The van der Waals surface area contributed by atoms with Crippen molar-refractivity contribution in [2.75, 3.05) is 45.2 Å². The third-order valence-electron chi connectivity index (χ3n) is 6.54. The first-order valence-corrected chi connectivity index (χ1v) is 9.84. The first-order chi connectivity index (χ1) is 12.1. The molecular formula is C18H25N5OS. The van der Waals surface area contributed by atoms with Crippen LogP contribution in [0.4, 0.5) is 5.13 Å². The molecule has 0 aliphatic carbocycles. The van der Waals surface area contributed by atoms with E-state index in [1.165, 1.54) is 25.9 Å². The van der Waals surface area contributed by atoms with Gasteiger partial charge in [-0.15, -0.1) is 0 Å². The second-order valence-electron chi connectivity index (χ2n) is 7.64. The molecule has 4 fully saturated rings. The van der Waals surface area contributed by atoms with Gasteiger partial charge in [0.15, 0.2) is 5.13 Å². The van der Waals surface area contributed by atoms with Crippen LogP contribution < -0.4 is 15.4 Å². The summed E-state index contributed by atoms with van der Waals surface area (Å²) in [5.41, 5.74) is 7.84. The Kier molecular flexibility index (Phi) is 3.51. The zero-order valence-electron chi connectivity index (χ0n) is 14.8. The lowest BCUT2D eigenvalue weighted by atomic mass is 9.72. The van der Waals surface area contributed by atoms with Gasteiger partial charge in [0.1, 0.15) is 12.0 Å². The second kappa shape index (κ2) is 5.54. The quantitative estimate of drug-likeness (QED) is 0.882. The Morgan fingerprint density at radius 2 is 2.08 bits per heavy atom. The minimum atomic E-state index is -0.108. The van der Waals surface area contributed by atoms with Crippen LogP contribution in [0.15, 0.2) is 18.2 Å². The average Bonchev–Trinajstić information content (AvgIpc) is 3.17. The van der Waals surface area contributed by atoms with Crippen molar-refractivity contribution in [2.24, 2.45) is 11.7 Å². The molecule has 2 N–H and O–H groups in total. The number of nitrogens with two attached hydrogens (primary N) is 1. The molecular weight excluding hydrogens is 334 g/mol. The highest BCUT2D eigenvalue weighted by atomic mass is 32.1. The van der Waals surface area contributed by atoms with Crippen molar-refractivity contribution in [1.82, 2.24) is 14.8 Å². The third-order valence-corrected chi connectivity index (χ3v) is 7.59. The Balaban J connectivity index is 1.50. The normalized spacial score (nSPS) is 35.2. The number of likely N-dealkylation sites (N-methyl/N-ethyl adjacent to an activating group) is 1. The lowest BCUT2D eigenvalue weighted by Gasteiger charge is -2.54. The molecule has 0 saturated carbocycles. The zero-order chi connectivity index (χ0) is 17.2. The first kappa shape index (κ1) is 15.8. The highest BCUT2D eigenvalue weighted by Crippen LogP contribution is 2.45. The number of aromatic nitrogens is 1. The van der Waals surface area contributed by atoms with Gasteiger partial charge >= 0.3 is 0 Å². The van der Waals surface area contributed by atoms with Crippen molar-refractivity contribution in [3.05, 3.63) is 18.2 Å². The van der Waals surface area contributed by atoms with Crippen LogP contribution in [0.3, 0.4) is 0 Å². The fourth-order valence-electron chi connectivity index (χ4n) is 5.02. The number of methoxy groups -OCH3 is 1. The molecule has 1 aromatic carbocycles. The maximum absolute atomic E-state index is 6.65. The van der Waals surface area contributed by atoms with Crippen molar-refractivity contribution in [3.63, 3.8) is 0 Å². The topological polar surface area (TPSA) is 57.9 Å². The lowest BCUT2D eigenvalue weighted by molar-refractivity contribution is -0.0432. The molecule has 1 aromatic heterocycles. The Labute approximate surface area is 152 Å². The molecule has 134 valence electrons. The largest absolute Gasteiger partial charge is 0.497 e. The van der Waals surface area contributed by atoms with Gasteiger partial charge in [-0.2, -0.15) is 0 Å². The summed E-state index contributed by atoms with van der Waals surface area (Å²) in [5.74, 6) is 1.62. The van der Waals surface area contributed by atoms with Crippen LogP contribution in [-0.2, 0) is 0 Å². The second-order valence-corrected chi connectivity index (χ2v) is 8.65. The van der Waals surface area contributed by atoms with Crippen LogP contribution >= 0.6 is 11.3 Å². The van der Waals surface area contributed by atoms with Crippen molar-refractivity contribution in [3.8, 4) is 5.75 Å². The summed E-state index contributed by atoms with van der Waals surface area (Å²) < 4.78 is 6.50. The van der Waals surface area contributed by atoms with Crippen LogP contribution in [0, 0.1) is 5.92 Å². The fraction of sp³-hybridized carbons (Fsp3) is 0.611. The number of rotatable bonds is 2. The predicted octanol–water partition coefficient (Wildman–Crippen LogP) is 1.76. The molecule has 6 rings (SSSR count). The van der Waals surface area contributed by atoms with Crippen molar-refractivity contribution >= 4 is 26.7 Å². The Bertz CT molecular complexity index is 802. The summed E-state index contributed by atoms with van der Waals surface area (Å²) in [5, 5.41) is 1.02. The van der Waals surface area contributed by atoms with Gasteiger partial charge in [0.25, 0.3) is 0 Å². The SMILES string of the molecule is COc1ccc2nc(N3CC4(CN5CCC4CC5)N(C)C3N)sc2c1. The van der Waals surface area contributed by atoms with E-state index in [0.717, 1.165) is 40.1 Å². The molecule has 2 unspecified atom stereocenters. The van der Waals surface area contributed by atoms with Crippen LogP contribution in [0.5, 0.6) is 5.75 Å². The Morgan fingerprint density at radius 1 is 1.28 bits per heavy atom. The van der Waals surface area contributed by atoms with Gasteiger partial charge in [0.05, 0.1) is 22.9 Å². The van der Waals surface area contributed by atoms with Gasteiger partial charge in [-0.05, 0) is 57.1 Å². The van der Waals surface area contributed by atoms with Crippen molar-refractivity contribution in [1.29, 1.82) is 0 Å². The number of hydrogen-bond donors (Lipinski definition) is 1. The lowest BCUT2D eigenvalue weighted by Crippen LogP contribution is -2.66. The highest BCUT2D eigenvalue weighted by Gasteiger charge is 2.56. The van der Waals surface area contributed by atoms with Gasteiger partial charge in [0.2, 0.25) is 0 Å². The minimum absolute atomic E-state index is 0.108. The molecule has 0 radical (unpaired) electrons. The van der Waals surface area contributed by atoms with E-state index in [1.54, 1.807) is 18.4 Å². The number of nitrogens with zero attached hydrogens (tertiary/aromatic N) is 4. The number of benzene rings is 1. The van der Waals surface area contributed by atoms with Gasteiger partial charge in [-0.25, -0.2) is 4.98 Å². The van der Waals surface area contributed by atoms with E-state index in [1.807, 2.05) is 12.1 Å². The van der Waals surface area contributed by atoms with Gasteiger partial charge in [-0.1, -0.05) is 11.3 Å². The van der Waals surface area contributed by atoms with E-state index in [4.69, 9.17) is 15.5 Å². The molecule has 4 aliphatic heterocycles. The van der Waals surface area contributed by atoms with Crippen LogP contribution in [0.1, 0.15) is 12.8 Å². The van der Waals surface area contributed by atoms with Gasteiger partial charge < -0.3 is 14.5 Å². The number of hydrogen-bond acceptors (Lipinski definition) is 7. The number of fused-ring (bicyclic) bond motifs is 3. The summed E-state index contributed by atoms with van der Waals surface area (Å²) in [6, 6.07) is 6.06. The zero-order valence-corrected chi connectivity index (χ0v) is 15.6. The molecule has 25 heavy (non-hydrogen) atoms. The molecule has 2 atom stereocenters. The molecule has 4 aliphatic rings. The summed E-state index contributed by atoms with van der Waals surface area (Å²) in [4.78, 5) is 12.2. The fourth-order valence-corrected chi connectivity index (χ4v) is 6.04. The first-order valence-electron chi connectivity index (χ1n) is 9.03. The molecule has 2 aromatic rings. The van der Waals surface area contributed by atoms with Crippen LogP contribution in [0.25, 0.3) is 10.2 Å². The maximum Gasteiger partial charge on any atom is 0.188 e. The Morgan fingerprint density at radius 3 is 2.76 bits per heavy atom. The molecule has 0 amide bonds. The van der Waals surface area contributed by atoms with E-state index in [-0.39, 0.29) is 11.8 Å². The average molecular weight is 359 g/mol. The maximum atomic E-state index is 6.65. The predicted molar refractivity (Wildman–Crippen MR) is 101 cm³/mol. The van der Waals surface area contributed by atoms with Gasteiger partial charge in [-0.3, -0.25) is 10.6 Å². The van der Waals surface area contributed by atoms with E-state index < -0.39 is 0 Å². The molecule has 4 saturated heterocycles. The third kappa shape index (κ3) is 2.23. The van der Waals surface area contributed by atoms with E-state index in [9.17, 15) is 0 Å². The monoisotopic (exact) mass is 359 g/mol. The molecule has 2 bridgehead atoms. The Hall–Kier alpha value is -1.41. The van der Waals surface area contributed by atoms with Crippen molar-refractivity contribution < 1.29 is 4.74 Å². The summed E-state index contributed by atoms with van der Waals surface area (Å²) >= 11 is 1.71. The van der Waals surface area contributed by atoms with E-state index in [0.29, 0.717) is 0 Å². The van der Waals surface area contributed by atoms with E-state index >= 15 is 0 Å². The number of piperidine rings is 3. The minimum Gasteiger partial charge on any atom is -0.497 e. The number of anilines is 1. The van der Waals surface area contributed by atoms with Crippen LogP contribution in [-0.4, -0.2) is 66.9 Å². The molecule has 5 heterocycles. The number of ether oxygens (including phenoxy) is 1. The smallest absolute Gasteiger partial charge is 0.188 e. The summed E-state index contributed by atoms with van der Waals surface area (Å²) in [6.07, 6.45) is 2.48. The molecule has 1 spiro atoms. The summed E-state index contributed by atoms with van der Waals surface area (Å²) in [7, 11) is 3.90. The van der Waals surface area contributed by atoms with Gasteiger partial charge in [0, 0.05) is 13.1 Å². The van der Waals surface area contributed by atoms with Crippen LogP contribution in [0.2, 0.25) is 0 Å².